The maximum atomic E-state index is 11.5. The van der Waals surface area contributed by atoms with Gasteiger partial charge < -0.3 is 5.73 Å². The molecule has 6 heteroatoms. The molecule has 0 aromatic carbocycles. The van der Waals surface area contributed by atoms with Crippen LogP contribution in [0.2, 0.25) is 0 Å². The van der Waals surface area contributed by atoms with E-state index in [9.17, 15) is 8.42 Å². The van der Waals surface area contributed by atoms with Gasteiger partial charge in [-0.1, -0.05) is 19.3 Å². The van der Waals surface area contributed by atoms with E-state index >= 15 is 0 Å². The second-order valence-electron chi connectivity index (χ2n) is 5.90. The first-order chi connectivity index (χ1) is 9.02. The molecule has 2 aliphatic rings. The van der Waals surface area contributed by atoms with E-state index in [0.29, 0.717) is 31.6 Å². The quantitative estimate of drug-likeness (QED) is 0.817. The van der Waals surface area contributed by atoms with Crippen LogP contribution in [0.15, 0.2) is 0 Å². The predicted octanol–water partition coefficient (Wildman–Crippen LogP) is 0.471. The van der Waals surface area contributed by atoms with Crippen LogP contribution >= 0.6 is 0 Å². The molecule has 1 saturated heterocycles. The number of nitrogens with two attached hydrogens (primary N) is 1. The van der Waals surface area contributed by atoms with Crippen LogP contribution in [0.1, 0.15) is 32.1 Å². The second-order valence-corrected chi connectivity index (χ2v) is 7.88. The van der Waals surface area contributed by atoms with Crippen molar-refractivity contribution >= 4 is 10.0 Å². The standard InChI is InChI=1S/C13H27N3O2S/c1-19(17,18)16-9-7-15(8-10-16)13(11-14)12-5-3-2-4-6-12/h12-13H,2-11,14H2,1H3. The van der Waals surface area contributed by atoms with Crippen molar-refractivity contribution in [3.8, 4) is 0 Å². The number of piperazine rings is 1. The lowest BCUT2D eigenvalue weighted by atomic mass is 9.83. The zero-order valence-electron chi connectivity index (χ0n) is 11.9. The Morgan fingerprint density at radius 3 is 2.16 bits per heavy atom. The molecule has 1 unspecified atom stereocenters. The third kappa shape index (κ3) is 3.90. The van der Waals surface area contributed by atoms with E-state index in [2.05, 4.69) is 4.90 Å². The van der Waals surface area contributed by atoms with Crippen LogP contribution < -0.4 is 5.73 Å². The first-order valence-electron chi connectivity index (χ1n) is 7.41. The average molecular weight is 289 g/mol. The van der Waals surface area contributed by atoms with Crippen molar-refractivity contribution in [1.29, 1.82) is 0 Å². The fourth-order valence-electron chi connectivity index (χ4n) is 3.53. The van der Waals surface area contributed by atoms with Crippen molar-refractivity contribution in [3.63, 3.8) is 0 Å². The van der Waals surface area contributed by atoms with Crippen LogP contribution in [-0.2, 0) is 10.0 Å². The summed E-state index contributed by atoms with van der Waals surface area (Å²) in [5.41, 5.74) is 5.98. The molecule has 2 fully saturated rings. The Bertz CT molecular complexity index is 371. The maximum absolute atomic E-state index is 11.5. The van der Waals surface area contributed by atoms with Gasteiger partial charge in [-0.05, 0) is 18.8 Å². The SMILES string of the molecule is CS(=O)(=O)N1CCN(C(CN)C2CCCCC2)CC1. The third-order valence-electron chi connectivity index (χ3n) is 4.65. The van der Waals surface area contributed by atoms with Crippen LogP contribution in [-0.4, -0.2) is 62.6 Å². The molecule has 2 N–H and O–H groups in total. The number of rotatable bonds is 4. The molecule has 1 aliphatic carbocycles. The molecule has 1 heterocycles. The molecule has 112 valence electrons. The van der Waals surface area contributed by atoms with Crippen molar-refractivity contribution in [3.05, 3.63) is 0 Å². The fourth-order valence-corrected chi connectivity index (χ4v) is 4.35. The molecule has 0 bridgehead atoms. The highest BCUT2D eigenvalue weighted by molar-refractivity contribution is 7.88. The van der Waals surface area contributed by atoms with E-state index in [1.54, 1.807) is 4.31 Å². The molecule has 19 heavy (non-hydrogen) atoms. The summed E-state index contributed by atoms with van der Waals surface area (Å²) in [6.07, 6.45) is 7.87. The van der Waals surface area contributed by atoms with Gasteiger partial charge in [-0.25, -0.2) is 8.42 Å². The molecule has 1 aliphatic heterocycles. The monoisotopic (exact) mass is 289 g/mol. The largest absolute Gasteiger partial charge is 0.329 e. The molecule has 0 amide bonds. The summed E-state index contributed by atoms with van der Waals surface area (Å²) in [5, 5.41) is 0. The van der Waals surface area contributed by atoms with Gasteiger partial charge in [0, 0.05) is 38.8 Å². The zero-order chi connectivity index (χ0) is 13.9. The van der Waals surface area contributed by atoms with Crippen molar-refractivity contribution in [2.24, 2.45) is 11.7 Å². The van der Waals surface area contributed by atoms with Gasteiger partial charge in [-0.15, -0.1) is 0 Å². The Morgan fingerprint density at radius 1 is 1.11 bits per heavy atom. The van der Waals surface area contributed by atoms with Crippen LogP contribution in [0.5, 0.6) is 0 Å². The normalized spacial score (nSPS) is 26.4. The molecule has 0 aromatic rings. The summed E-state index contributed by atoms with van der Waals surface area (Å²) < 4.78 is 24.6. The summed E-state index contributed by atoms with van der Waals surface area (Å²) in [5.74, 6) is 0.712. The van der Waals surface area contributed by atoms with E-state index < -0.39 is 10.0 Å². The highest BCUT2D eigenvalue weighted by Crippen LogP contribution is 2.29. The minimum absolute atomic E-state index is 0.446. The van der Waals surface area contributed by atoms with Crippen LogP contribution in [0.4, 0.5) is 0 Å². The van der Waals surface area contributed by atoms with Crippen molar-refractivity contribution < 1.29 is 8.42 Å². The lowest BCUT2D eigenvalue weighted by Gasteiger charge is -2.42. The highest BCUT2D eigenvalue weighted by atomic mass is 32.2. The zero-order valence-corrected chi connectivity index (χ0v) is 12.7. The van der Waals surface area contributed by atoms with E-state index in [1.165, 1.54) is 38.4 Å². The van der Waals surface area contributed by atoms with Crippen LogP contribution in [0.25, 0.3) is 0 Å². The summed E-state index contributed by atoms with van der Waals surface area (Å²) >= 11 is 0. The van der Waals surface area contributed by atoms with E-state index in [-0.39, 0.29) is 0 Å². The molecule has 0 aromatic heterocycles. The fraction of sp³-hybridized carbons (Fsp3) is 1.00. The van der Waals surface area contributed by atoms with Crippen LogP contribution in [0.3, 0.4) is 0 Å². The van der Waals surface area contributed by atoms with Gasteiger partial charge in [0.05, 0.1) is 6.26 Å². The van der Waals surface area contributed by atoms with Gasteiger partial charge in [-0.3, -0.25) is 4.90 Å². The minimum atomic E-state index is -3.03. The Labute approximate surface area is 117 Å². The minimum Gasteiger partial charge on any atom is -0.329 e. The van der Waals surface area contributed by atoms with Gasteiger partial charge in [-0.2, -0.15) is 4.31 Å². The molecular formula is C13H27N3O2S. The number of nitrogens with zero attached hydrogens (tertiary/aromatic N) is 2. The lowest BCUT2D eigenvalue weighted by Crippen LogP contribution is -2.55. The lowest BCUT2D eigenvalue weighted by molar-refractivity contribution is 0.0876. The Morgan fingerprint density at radius 2 is 1.68 bits per heavy atom. The molecule has 1 atom stereocenters. The van der Waals surface area contributed by atoms with Gasteiger partial charge in [0.15, 0.2) is 0 Å². The highest BCUT2D eigenvalue weighted by Gasteiger charge is 2.31. The number of sulfonamides is 1. The van der Waals surface area contributed by atoms with Gasteiger partial charge in [0.1, 0.15) is 0 Å². The smallest absolute Gasteiger partial charge is 0.211 e. The van der Waals surface area contributed by atoms with E-state index in [1.807, 2.05) is 0 Å². The summed E-state index contributed by atoms with van der Waals surface area (Å²) in [6, 6.07) is 0.446. The molecule has 5 nitrogen and oxygen atoms in total. The van der Waals surface area contributed by atoms with E-state index in [0.717, 1.165) is 13.1 Å². The second kappa shape index (κ2) is 6.52. The van der Waals surface area contributed by atoms with Gasteiger partial charge in [0.2, 0.25) is 10.0 Å². The first kappa shape index (κ1) is 15.2. The predicted molar refractivity (Wildman–Crippen MR) is 77.4 cm³/mol. The Hall–Kier alpha value is -0.170. The summed E-state index contributed by atoms with van der Waals surface area (Å²) in [7, 11) is -3.03. The summed E-state index contributed by atoms with van der Waals surface area (Å²) in [6.45, 7) is 3.57. The van der Waals surface area contributed by atoms with Crippen molar-refractivity contribution in [1.82, 2.24) is 9.21 Å². The molecule has 0 spiro atoms. The molecule has 1 saturated carbocycles. The third-order valence-corrected chi connectivity index (χ3v) is 5.95. The Balaban J connectivity index is 1.91. The van der Waals surface area contributed by atoms with E-state index in [4.69, 9.17) is 5.73 Å². The first-order valence-corrected chi connectivity index (χ1v) is 9.26. The number of hydrogen-bond acceptors (Lipinski definition) is 4. The Kier molecular flexibility index (Phi) is 5.22. The molecule has 2 rings (SSSR count). The number of hydrogen-bond donors (Lipinski definition) is 1. The van der Waals surface area contributed by atoms with Crippen molar-refractivity contribution in [2.45, 2.75) is 38.1 Å². The average Bonchev–Trinajstić information content (AvgIpc) is 2.40. The maximum Gasteiger partial charge on any atom is 0.211 e. The summed E-state index contributed by atoms with van der Waals surface area (Å²) in [4.78, 5) is 2.41. The van der Waals surface area contributed by atoms with Crippen molar-refractivity contribution in [2.75, 3.05) is 39.0 Å². The van der Waals surface area contributed by atoms with Crippen LogP contribution in [0, 0.1) is 5.92 Å². The molecular weight excluding hydrogens is 262 g/mol. The van der Waals surface area contributed by atoms with Gasteiger partial charge >= 0.3 is 0 Å². The topological polar surface area (TPSA) is 66.6 Å². The molecule has 0 radical (unpaired) electrons. The van der Waals surface area contributed by atoms with Gasteiger partial charge in [0.25, 0.3) is 0 Å².